The zero-order valence-corrected chi connectivity index (χ0v) is 21.4. The number of amides is 2. The van der Waals surface area contributed by atoms with Gasteiger partial charge in [0.1, 0.15) is 5.75 Å². The van der Waals surface area contributed by atoms with Gasteiger partial charge in [-0.05, 0) is 48.8 Å². The third-order valence-electron chi connectivity index (χ3n) is 6.58. The standard InChI is InChI=1S/C23H29ClN4O3.HI/c1-25-23(27-10-8-14-6-7-17(31-2)13-18(14)24)26-9-3-11-28-21(29)19-15-4-5-16(12-15)20(19)22(28)30;/h4-7,13,15-16,19-20H,3,8-12H2,1-2H3,(H2,25,26,27);1H. The number of benzene rings is 1. The summed E-state index contributed by atoms with van der Waals surface area (Å²) in [6.07, 6.45) is 6.64. The Kier molecular flexibility index (Phi) is 8.43. The van der Waals surface area contributed by atoms with Crippen molar-refractivity contribution in [2.75, 3.05) is 33.8 Å². The molecule has 4 atom stereocenters. The number of imide groups is 1. The van der Waals surface area contributed by atoms with Crippen molar-refractivity contribution in [2.24, 2.45) is 28.7 Å². The third kappa shape index (κ3) is 4.90. The van der Waals surface area contributed by atoms with Gasteiger partial charge >= 0.3 is 0 Å². The van der Waals surface area contributed by atoms with Gasteiger partial charge in [0.2, 0.25) is 11.8 Å². The maximum Gasteiger partial charge on any atom is 0.233 e. The van der Waals surface area contributed by atoms with E-state index in [-0.39, 0.29) is 59.5 Å². The molecular formula is C23H30ClIN4O3. The molecule has 2 aliphatic carbocycles. The van der Waals surface area contributed by atoms with E-state index in [1.54, 1.807) is 20.2 Å². The SMILES string of the molecule is CN=C(NCCCN1C(=O)C2C3C=CC(C3)C2C1=O)NCCc1ccc(OC)cc1Cl.I. The maximum absolute atomic E-state index is 12.7. The first kappa shape index (κ1) is 24.8. The Balaban J connectivity index is 0.00000289. The molecule has 1 aromatic rings. The summed E-state index contributed by atoms with van der Waals surface area (Å²) < 4.78 is 5.17. The van der Waals surface area contributed by atoms with Crippen LogP contribution in [0.3, 0.4) is 0 Å². The van der Waals surface area contributed by atoms with Crippen LogP contribution in [-0.2, 0) is 16.0 Å². The van der Waals surface area contributed by atoms with Crippen molar-refractivity contribution in [2.45, 2.75) is 19.3 Å². The summed E-state index contributed by atoms with van der Waals surface area (Å²) in [5.41, 5.74) is 1.03. The minimum absolute atomic E-state index is 0. The predicted octanol–water partition coefficient (Wildman–Crippen LogP) is 2.87. The normalized spacial score (nSPS) is 25.7. The van der Waals surface area contributed by atoms with E-state index in [0.717, 1.165) is 24.2 Å². The van der Waals surface area contributed by atoms with E-state index in [4.69, 9.17) is 16.3 Å². The number of fused-ring (bicyclic) bond motifs is 5. The van der Waals surface area contributed by atoms with Crippen molar-refractivity contribution in [3.8, 4) is 5.75 Å². The monoisotopic (exact) mass is 572 g/mol. The van der Waals surface area contributed by atoms with Crippen molar-refractivity contribution in [1.29, 1.82) is 0 Å². The minimum Gasteiger partial charge on any atom is -0.497 e. The van der Waals surface area contributed by atoms with Gasteiger partial charge in [0.05, 0.1) is 18.9 Å². The largest absolute Gasteiger partial charge is 0.497 e. The number of nitrogens with zero attached hydrogens (tertiary/aromatic N) is 2. The zero-order valence-electron chi connectivity index (χ0n) is 18.3. The second-order valence-electron chi connectivity index (χ2n) is 8.31. The molecule has 2 bridgehead atoms. The molecule has 1 heterocycles. The van der Waals surface area contributed by atoms with Gasteiger partial charge in [-0.1, -0.05) is 29.8 Å². The number of aliphatic imine (C=N–C) groups is 1. The van der Waals surface area contributed by atoms with Crippen LogP contribution in [0.4, 0.5) is 0 Å². The van der Waals surface area contributed by atoms with E-state index in [1.165, 1.54) is 4.90 Å². The van der Waals surface area contributed by atoms with Crippen LogP contribution in [0.2, 0.25) is 5.02 Å². The summed E-state index contributed by atoms with van der Waals surface area (Å²) in [5.74, 6) is 1.75. The Labute approximate surface area is 211 Å². The molecule has 7 nitrogen and oxygen atoms in total. The number of carbonyl (C=O) groups is 2. The topological polar surface area (TPSA) is 83.0 Å². The Morgan fingerprint density at radius 2 is 1.81 bits per heavy atom. The number of methoxy groups -OCH3 is 1. The quantitative estimate of drug-likeness (QED) is 0.125. The number of rotatable bonds is 8. The fraction of sp³-hybridized carbons (Fsp3) is 0.522. The summed E-state index contributed by atoms with van der Waals surface area (Å²) in [6.45, 7) is 1.75. The molecule has 1 aromatic carbocycles. The van der Waals surface area contributed by atoms with Gasteiger partial charge < -0.3 is 15.4 Å². The van der Waals surface area contributed by atoms with Crippen LogP contribution in [0, 0.1) is 23.7 Å². The minimum atomic E-state index is -0.116. The van der Waals surface area contributed by atoms with Crippen molar-refractivity contribution in [3.05, 3.63) is 40.9 Å². The molecule has 0 radical (unpaired) electrons. The molecule has 32 heavy (non-hydrogen) atoms. The van der Waals surface area contributed by atoms with Gasteiger partial charge in [0.25, 0.3) is 0 Å². The number of carbonyl (C=O) groups excluding carboxylic acids is 2. The lowest BCUT2D eigenvalue weighted by Gasteiger charge is -2.18. The first-order valence-electron chi connectivity index (χ1n) is 10.8. The molecular weight excluding hydrogens is 543 g/mol. The van der Waals surface area contributed by atoms with Crippen LogP contribution in [-0.4, -0.2) is 56.5 Å². The van der Waals surface area contributed by atoms with Crippen LogP contribution in [0.25, 0.3) is 0 Å². The second-order valence-corrected chi connectivity index (χ2v) is 8.72. The van der Waals surface area contributed by atoms with E-state index in [0.29, 0.717) is 37.0 Å². The van der Waals surface area contributed by atoms with E-state index in [9.17, 15) is 9.59 Å². The average molecular weight is 573 g/mol. The molecule has 9 heteroatoms. The number of likely N-dealkylation sites (tertiary alicyclic amines) is 1. The highest BCUT2D eigenvalue weighted by Crippen LogP contribution is 2.52. The Bertz CT molecular complexity index is 893. The van der Waals surface area contributed by atoms with Gasteiger partial charge in [-0.15, -0.1) is 24.0 Å². The molecule has 1 saturated carbocycles. The lowest BCUT2D eigenvalue weighted by molar-refractivity contribution is -0.140. The van der Waals surface area contributed by atoms with Crippen LogP contribution in [0.1, 0.15) is 18.4 Å². The summed E-state index contributed by atoms with van der Waals surface area (Å²) >= 11 is 6.29. The van der Waals surface area contributed by atoms with E-state index in [2.05, 4.69) is 27.8 Å². The van der Waals surface area contributed by atoms with Crippen LogP contribution in [0.5, 0.6) is 5.75 Å². The summed E-state index contributed by atoms with van der Waals surface area (Å²) in [4.78, 5) is 31.1. The average Bonchev–Trinajstić information content (AvgIpc) is 3.45. The first-order chi connectivity index (χ1) is 15.0. The lowest BCUT2D eigenvalue weighted by atomic mass is 9.85. The smallest absolute Gasteiger partial charge is 0.233 e. The highest BCUT2D eigenvalue weighted by atomic mass is 127. The van der Waals surface area contributed by atoms with Gasteiger partial charge in [-0.3, -0.25) is 19.5 Å². The van der Waals surface area contributed by atoms with Crippen molar-refractivity contribution in [1.82, 2.24) is 15.5 Å². The maximum atomic E-state index is 12.7. The zero-order chi connectivity index (χ0) is 22.0. The van der Waals surface area contributed by atoms with E-state index >= 15 is 0 Å². The molecule has 1 aliphatic heterocycles. The molecule has 3 aliphatic rings. The number of ether oxygens (including phenoxy) is 1. The van der Waals surface area contributed by atoms with E-state index in [1.807, 2.05) is 12.1 Å². The van der Waals surface area contributed by atoms with Gasteiger partial charge in [0, 0.05) is 31.7 Å². The van der Waals surface area contributed by atoms with Crippen molar-refractivity contribution in [3.63, 3.8) is 0 Å². The molecule has 1 saturated heterocycles. The Morgan fingerprint density at radius 3 is 2.41 bits per heavy atom. The van der Waals surface area contributed by atoms with E-state index < -0.39 is 0 Å². The molecule has 0 spiro atoms. The van der Waals surface area contributed by atoms with Gasteiger partial charge in [-0.2, -0.15) is 0 Å². The number of halogens is 2. The second kappa shape index (κ2) is 10.9. The third-order valence-corrected chi connectivity index (χ3v) is 6.94. The van der Waals surface area contributed by atoms with Crippen LogP contribution in [0.15, 0.2) is 35.3 Å². The summed E-state index contributed by atoms with van der Waals surface area (Å²) in [6, 6.07) is 5.66. The highest BCUT2D eigenvalue weighted by Gasteiger charge is 2.58. The molecule has 2 amide bonds. The predicted molar refractivity (Wildman–Crippen MR) is 136 cm³/mol. The van der Waals surface area contributed by atoms with Gasteiger partial charge in [0.15, 0.2) is 5.96 Å². The molecule has 174 valence electrons. The number of nitrogens with one attached hydrogen (secondary N) is 2. The summed E-state index contributed by atoms with van der Waals surface area (Å²) in [5, 5.41) is 7.19. The number of guanidine groups is 1. The lowest BCUT2D eigenvalue weighted by Crippen LogP contribution is -2.40. The molecule has 2 N–H and O–H groups in total. The summed E-state index contributed by atoms with van der Waals surface area (Å²) in [7, 11) is 3.33. The fourth-order valence-electron chi connectivity index (χ4n) is 5.02. The fourth-order valence-corrected chi connectivity index (χ4v) is 5.29. The van der Waals surface area contributed by atoms with Crippen molar-refractivity contribution >= 4 is 53.4 Å². The number of hydrogen-bond acceptors (Lipinski definition) is 4. The number of allylic oxidation sites excluding steroid dienone is 2. The number of hydrogen-bond donors (Lipinski definition) is 2. The van der Waals surface area contributed by atoms with Crippen LogP contribution < -0.4 is 15.4 Å². The molecule has 4 unspecified atom stereocenters. The Morgan fingerprint density at radius 1 is 1.16 bits per heavy atom. The molecule has 4 rings (SSSR count). The van der Waals surface area contributed by atoms with Crippen LogP contribution >= 0.6 is 35.6 Å². The highest BCUT2D eigenvalue weighted by molar-refractivity contribution is 14.0. The first-order valence-corrected chi connectivity index (χ1v) is 11.2. The molecule has 0 aromatic heterocycles. The van der Waals surface area contributed by atoms with Gasteiger partial charge in [-0.25, -0.2) is 0 Å². The molecule has 2 fully saturated rings. The Hall–Kier alpha value is -1.81. The van der Waals surface area contributed by atoms with Crippen molar-refractivity contribution < 1.29 is 14.3 Å².